The van der Waals surface area contributed by atoms with E-state index in [1.54, 1.807) is 0 Å². The van der Waals surface area contributed by atoms with Gasteiger partial charge in [0.2, 0.25) is 8.03 Å². The van der Waals surface area contributed by atoms with E-state index in [9.17, 15) is 9.36 Å². The maximum Gasteiger partial charge on any atom is 0.307 e. The Bertz CT molecular complexity index is 405. The van der Waals surface area contributed by atoms with Gasteiger partial charge in [-0.15, -0.1) is 0 Å². The molecule has 19 heavy (non-hydrogen) atoms. The quantitative estimate of drug-likeness (QED) is 0.685. The van der Waals surface area contributed by atoms with E-state index in [1.807, 2.05) is 37.3 Å². The van der Waals surface area contributed by atoms with E-state index in [1.165, 1.54) is 6.92 Å². The second-order valence-corrected chi connectivity index (χ2v) is 5.66. The minimum absolute atomic E-state index is 0.0123. The van der Waals surface area contributed by atoms with Crippen molar-refractivity contribution in [3.63, 3.8) is 0 Å². The van der Waals surface area contributed by atoms with Gasteiger partial charge < -0.3 is 9.26 Å². The molecule has 0 aliphatic rings. The van der Waals surface area contributed by atoms with Crippen molar-refractivity contribution in [3.8, 4) is 0 Å². The lowest BCUT2D eigenvalue weighted by Gasteiger charge is -2.17. The van der Waals surface area contributed by atoms with Crippen molar-refractivity contribution in [2.45, 2.75) is 32.8 Å². The molecule has 0 aliphatic carbocycles. The zero-order chi connectivity index (χ0) is 14.1. The first kappa shape index (κ1) is 15.9. The molecule has 0 aliphatic heterocycles. The van der Waals surface area contributed by atoms with Crippen molar-refractivity contribution in [2.24, 2.45) is 0 Å². The molecule has 0 aromatic heterocycles. The van der Waals surface area contributed by atoms with Crippen molar-refractivity contribution < 1.29 is 18.6 Å². The van der Waals surface area contributed by atoms with Crippen molar-refractivity contribution >= 4 is 14.0 Å². The average Bonchev–Trinajstić information content (AvgIpc) is 2.38. The molecule has 0 N–H and O–H groups in total. The predicted octanol–water partition coefficient (Wildman–Crippen LogP) is 3.58. The minimum atomic E-state index is -2.24. The van der Waals surface area contributed by atoms with Crippen LogP contribution in [-0.2, 0) is 18.6 Å². The zero-order valence-corrected chi connectivity index (χ0v) is 12.4. The van der Waals surface area contributed by atoms with Crippen LogP contribution in [0.4, 0.5) is 0 Å². The molecule has 1 rings (SSSR count). The lowest BCUT2D eigenvalue weighted by atomic mass is 10.1. The monoisotopic (exact) mass is 284 g/mol. The first-order chi connectivity index (χ1) is 9.13. The van der Waals surface area contributed by atoms with E-state index in [0.717, 1.165) is 12.0 Å². The Kier molecular flexibility index (Phi) is 7.46. The molecule has 0 saturated heterocycles. The third-order valence-electron chi connectivity index (χ3n) is 2.64. The van der Waals surface area contributed by atoms with Crippen LogP contribution in [0.15, 0.2) is 30.3 Å². The molecule has 0 saturated carbocycles. The van der Waals surface area contributed by atoms with Crippen LogP contribution in [0, 0.1) is 0 Å². The number of hydrogen-bond donors (Lipinski definition) is 0. The maximum absolute atomic E-state index is 11.4. The highest BCUT2D eigenvalue weighted by Gasteiger charge is 2.12. The fraction of sp³-hybridized carbons (Fsp3) is 0.500. The molecule has 0 fully saturated rings. The average molecular weight is 284 g/mol. The van der Waals surface area contributed by atoms with Gasteiger partial charge in [-0.1, -0.05) is 30.3 Å². The normalized spacial score (nSPS) is 13.8. The van der Waals surface area contributed by atoms with E-state index < -0.39 is 14.0 Å². The largest absolute Gasteiger partial charge is 0.414 e. The molecule has 106 valence electrons. The molecule has 4 nitrogen and oxygen atoms in total. The first-order valence-corrected chi connectivity index (χ1v) is 8.03. The smallest absolute Gasteiger partial charge is 0.307 e. The molecule has 1 aromatic rings. The standard InChI is InChI=1S/C14H21O4P/c1-3-17-14(13-8-5-4-6-9-13)10-7-11-19(16)18-12(2)15/h4-6,8-9,14,19H,3,7,10-11H2,1-2H3. The summed E-state index contributed by atoms with van der Waals surface area (Å²) in [7, 11) is -2.24. The summed E-state index contributed by atoms with van der Waals surface area (Å²) in [5, 5.41) is 0. The molecule has 2 unspecified atom stereocenters. The number of hydrogen-bond acceptors (Lipinski definition) is 4. The van der Waals surface area contributed by atoms with Gasteiger partial charge in [0.15, 0.2) is 0 Å². The van der Waals surface area contributed by atoms with Crippen LogP contribution in [0.5, 0.6) is 0 Å². The van der Waals surface area contributed by atoms with Gasteiger partial charge in [-0.05, 0) is 25.3 Å². The Morgan fingerprint density at radius 1 is 1.32 bits per heavy atom. The van der Waals surface area contributed by atoms with Crippen LogP contribution in [0.1, 0.15) is 38.4 Å². The second-order valence-electron chi connectivity index (χ2n) is 4.21. The third-order valence-corrected chi connectivity index (χ3v) is 3.92. The van der Waals surface area contributed by atoms with Gasteiger partial charge in [0.25, 0.3) is 0 Å². The summed E-state index contributed by atoms with van der Waals surface area (Å²) in [4.78, 5) is 10.7. The highest BCUT2D eigenvalue weighted by atomic mass is 31.1. The molecule has 5 heteroatoms. The van der Waals surface area contributed by atoms with Gasteiger partial charge >= 0.3 is 5.97 Å². The number of benzene rings is 1. The summed E-state index contributed by atoms with van der Waals surface area (Å²) < 4.78 is 21.8. The van der Waals surface area contributed by atoms with Gasteiger partial charge in [-0.3, -0.25) is 9.36 Å². The van der Waals surface area contributed by atoms with E-state index in [-0.39, 0.29) is 6.10 Å². The second kappa shape index (κ2) is 8.89. The summed E-state index contributed by atoms with van der Waals surface area (Å²) >= 11 is 0. The number of carbonyl (C=O) groups is 1. The lowest BCUT2D eigenvalue weighted by Crippen LogP contribution is -2.05. The SMILES string of the molecule is CCOC(CCC[PH](=O)OC(C)=O)c1ccccc1. The number of carbonyl (C=O) groups excluding carboxylic acids is 1. The lowest BCUT2D eigenvalue weighted by molar-refractivity contribution is -0.131. The molecule has 0 heterocycles. The van der Waals surface area contributed by atoms with Gasteiger partial charge in [0.1, 0.15) is 0 Å². The highest BCUT2D eigenvalue weighted by Crippen LogP contribution is 2.28. The Labute approximate surface area is 115 Å². The zero-order valence-electron chi connectivity index (χ0n) is 11.4. The Morgan fingerprint density at radius 2 is 2.00 bits per heavy atom. The van der Waals surface area contributed by atoms with E-state index in [4.69, 9.17) is 4.74 Å². The maximum atomic E-state index is 11.4. The van der Waals surface area contributed by atoms with E-state index in [0.29, 0.717) is 19.2 Å². The molecular formula is C14H21O4P. The third kappa shape index (κ3) is 6.55. The van der Waals surface area contributed by atoms with E-state index in [2.05, 4.69) is 4.52 Å². The van der Waals surface area contributed by atoms with Gasteiger partial charge in [-0.2, -0.15) is 0 Å². The Morgan fingerprint density at radius 3 is 2.58 bits per heavy atom. The summed E-state index contributed by atoms with van der Waals surface area (Å²) in [6, 6.07) is 9.96. The molecule has 0 amide bonds. The summed E-state index contributed by atoms with van der Waals surface area (Å²) in [5.74, 6) is -0.478. The Hall–Kier alpha value is -1.12. The fourth-order valence-electron chi connectivity index (χ4n) is 1.86. The summed E-state index contributed by atoms with van der Waals surface area (Å²) in [6.07, 6.45) is 1.92. The molecule has 0 radical (unpaired) electrons. The van der Waals surface area contributed by atoms with Crippen molar-refractivity contribution in [1.82, 2.24) is 0 Å². The molecule has 0 spiro atoms. The van der Waals surface area contributed by atoms with Crippen LogP contribution in [0.3, 0.4) is 0 Å². The van der Waals surface area contributed by atoms with Crippen LogP contribution in [0.25, 0.3) is 0 Å². The topological polar surface area (TPSA) is 52.6 Å². The van der Waals surface area contributed by atoms with Crippen molar-refractivity contribution in [1.29, 1.82) is 0 Å². The van der Waals surface area contributed by atoms with Gasteiger partial charge in [-0.25, -0.2) is 0 Å². The highest BCUT2D eigenvalue weighted by molar-refractivity contribution is 7.39. The molecule has 0 bridgehead atoms. The minimum Gasteiger partial charge on any atom is -0.414 e. The predicted molar refractivity (Wildman–Crippen MR) is 75.7 cm³/mol. The summed E-state index contributed by atoms with van der Waals surface area (Å²) in [6.45, 7) is 3.87. The molecule has 2 atom stereocenters. The fourth-order valence-corrected chi connectivity index (χ4v) is 2.77. The van der Waals surface area contributed by atoms with Crippen LogP contribution < -0.4 is 0 Å². The number of ether oxygens (including phenoxy) is 1. The molecule has 1 aromatic carbocycles. The van der Waals surface area contributed by atoms with Crippen LogP contribution >= 0.6 is 8.03 Å². The van der Waals surface area contributed by atoms with E-state index >= 15 is 0 Å². The first-order valence-electron chi connectivity index (χ1n) is 6.51. The Balaban J connectivity index is 2.43. The van der Waals surface area contributed by atoms with Crippen molar-refractivity contribution in [3.05, 3.63) is 35.9 Å². The van der Waals surface area contributed by atoms with Gasteiger partial charge in [0, 0.05) is 19.7 Å². The van der Waals surface area contributed by atoms with Crippen molar-refractivity contribution in [2.75, 3.05) is 12.8 Å². The van der Waals surface area contributed by atoms with Crippen LogP contribution in [0.2, 0.25) is 0 Å². The number of rotatable bonds is 8. The van der Waals surface area contributed by atoms with Crippen LogP contribution in [-0.4, -0.2) is 18.7 Å². The van der Waals surface area contributed by atoms with Gasteiger partial charge in [0.05, 0.1) is 6.10 Å². The summed E-state index contributed by atoms with van der Waals surface area (Å²) in [5.41, 5.74) is 1.12. The molecular weight excluding hydrogens is 263 g/mol.